The number of nitro groups is 1. The number of β-lactam (4-membered cyclic amide) rings is 1. The van der Waals surface area contributed by atoms with Crippen LogP contribution in [0.4, 0.5) is 5.69 Å². The molecule has 11 heteroatoms. The van der Waals surface area contributed by atoms with Gasteiger partial charge in [-0.05, 0) is 13.0 Å². The number of sulfonamides is 1. The van der Waals surface area contributed by atoms with Crippen molar-refractivity contribution in [1.82, 2.24) is 14.9 Å². The first kappa shape index (κ1) is 17.8. The summed E-state index contributed by atoms with van der Waals surface area (Å²) in [4.78, 5) is 34.3. The van der Waals surface area contributed by atoms with Crippen LogP contribution in [0.1, 0.15) is 6.92 Å². The fourth-order valence-corrected chi connectivity index (χ4v) is 3.95. The quantitative estimate of drug-likeness (QED) is 0.389. The first-order chi connectivity index (χ1) is 11.1. The van der Waals surface area contributed by atoms with E-state index in [-0.39, 0.29) is 19.0 Å². The number of nitro benzene ring substituents is 1. The van der Waals surface area contributed by atoms with Gasteiger partial charge in [0.25, 0.3) is 5.69 Å². The topological polar surface area (TPSA) is 139 Å². The van der Waals surface area contributed by atoms with E-state index in [2.05, 4.69) is 10.0 Å². The maximum Gasteiger partial charge on any atom is 0.289 e. The van der Waals surface area contributed by atoms with Gasteiger partial charge < -0.3 is 10.2 Å². The van der Waals surface area contributed by atoms with E-state index in [1.807, 2.05) is 0 Å². The van der Waals surface area contributed by atoms with Gasteiger partial charge in [0.15, 0.2) is 4.90 Å². The summed E-state index contributed by atoms with van der Waals surface area (Å²) in [6, 6.07) is 4.86. The van der Waals surface area contributed by atoms with Gasteiger partial charge in [0.1, 0.15) is 5.54 Å². The van der Waals surface area contributed by atoms with E-state index in [0.29, 0.717) is 0 Å². The van der Waals surface area contributed by atoms with Crippen molar-refractivity contribution in [3.8, 4) is 0 Å². The van der Waals surface area contributed by atoms with Crippen molar-refractivity contribution in [2.24, 2.45) is 0 Å². The number of nitrogens with one attached hydrogen (secondary N) is 2. The third-order valence-corrected chi connectivity index (χ3v) is 5.23. The minimum absolute atomic E-state index is 0.0148. The Morgan fingerprint density at radius 2 is 2.04 bits per heavy atom. The maximum absolute atomic E-state index is 12.4. The lowest BCUT2D eigenvalue weighted by molar-refractivity contribution is -0.387. The summed E-state index contributed by atoms with van der Waals surface area (Å²) in [7, 11) is -2.86. The fraction of sp³-hybridized carbons (Fsp3) is 0.385. The third-order valence-electron chi connectivity index (χ3n) is 3.59. The Kier molecular flexibility index (Phi) is 4.58. The summed E-state index contributed by atoms with van der Waals surface area (Å²) in [6.45, 7) is 1.17. The number of likely N-dealkylation sites (tertiary alicyclic amines) is 1. The van der Waals surface area contributed by atoms with E-state index in [1.54, 1.807) is 0 Å². The lowest BCUT2D eigenvalue weighted by atomic mass is 9.92. The maximum atomic E-state index is 12.4. The molecule has 0 radical (unpaired) electrons. The number of para-hydroxylation sites is 1. The number of nitrogens with zero attached hydrogens (tertiary/aromatic N) is 2. The molecular formula is C13H16N4O6S. The average molecular weight is 356 g/mol. The van der Waals surface area contributed by atoms with Crippen molar-refractivity contribution < 1.29 is 22.9 Å². The number of amides is 2. The summed E-state index contributed by atoms with van der Waals surface area (Å²) in [5, 5.41) is 13.3. The first-order valence-electron chi connectivity index (χ1n) is 6.88. The number of hydrogen-bond donors (Lipinski definition) is 2. The van der Waals surface area contributed by atoms with Crippen LogP contribution < -0.4 is 10.0 Å². The van der Waals surface area contributed by atoms with E-state index in [0.717, 1.165) is 12.1 Å². The molecule has 0 bridgehead atoms. The highest BCUT2D eigenvalue weighted by molar-refractivity contribution is 7.89. The standard InChI is InChI=1S/C13H16N4O6S/c1-13(8-16(12(13)19)7-11(18)14-2)15-24(22,23)10-6-4-3-5-9(10)17(20)21/h3-6,15H,7-8H2,1-2H3,(H,14,18)/t13-/m1/s1. The second kappa shape index (κ2) is 6.17. The molecule has 1 saturated heterocycles. The summed E-state index contributed by atoms with van der Waals surface area (Å²) in [5.74, 6) is -0.958. The van der Waals surface area contributed by atoms with Gasteiger partial charge in [-0.1, -0.05) is 12.1 Å². The first-order valence-corrected chi connectivity index (χ1v) is 8.36. The Labute approximate surface area is 138 Å². The van der Waals surface area contributed by atoms with Crippen LogP contribution in [0.5, 0.6) is 0 Å². The molecule has 0 aromatic heterocycles. The molecule has 130 valence electrons. The van der Waals surface area contributed by atoms with Gasteiger partial charge in [-0.3, -0.25) is 19.7 Å². The highest BCUT2D eigenvalue weighted by Crippen LogP contribution is 2.28. The van der Waals surface area contributed by atoms with Gasteiger partial charge in [-0.25, -0.2) is 8.42 Å². The molecule has 0 saturated carbocycles. The normalized spacial score (nSPS) is 20.4. The molecule has 10 nitrogen and oxygen atoms in total. The van der Waals surface area contributed by atoms with E-state index in [9.17, 15) is 28.1 Å². The van der Waals surface area contributed by atoms with Crippen molar-refractivity contribution in [1.29, 1.82) is 0 Å². The van der Waals surface area contributed by atoms with E-state index < -0.39 is 37.0 Å². The second-order valence-electron chi connectivity index (χ2n) is 5.50. The number of carbonyl (C=O) groups excluding carboxylic acids is 2. The molecule has 2 N–H and O–H groups in total. The van der Waals surface area contributed by atoms with Crippen LogP contribution in [0.3, 0.4) is 0 Å². The van der Waals surface area contributed by atoms with Crippen molar-refractivity contribution >= 4 is 27.5 Å². The zero-order chi connectivity index (χ0) is 18.1. The van der Waals surface area contributed by atoms with Gasteiger partial charge in [-0.15, -0.1) is 0 Å². The Hall–Kier alpha value is -2.53. The van der Waals surface area contributed by atoms with Gasteiger partial charge >= 0.3 is 0 Å². The average Bonchev–Trinajstić information content (AvgIpc) is 2.53. The summed E-state index contributed by atoms with van der Waals surface area (Å²) in [6.07, 6.45) is 0. The molecule has 24 heavy (non-hydrogen) atoms. The van der Waals surface area contributed by atoms with Gasteiger partial charge in [0.2, 0.25) is 21.8 Å². The van der Waals surface area contributed by atoms with Gasteiger partial charge in [0.05, 0.1) is 11.5 Å². The summed E-state index contributed by atoms with van der Waals surface area (Å²) >= 11 is 0. The zero-order valence-corrected chi connectivity index (χ0v) is 13.8. The Morgan fingerprint density at radius 3 is 2.58 bits per heavy atom. The number of benzene rings is 1. The smallest absolute Gasteiger partial charge is 0.289 e. The molecule has 1 aromatic rings. The van der Waals surface area contributed by atoms with Crippen LogP contribution in [-0.2, 0) is 19.6 Å². The Morgan fingerprint density at radius 1 is 1.42 bits per heavy atom. The molecule has 2 amide bonds. The van der Waals surface area contributed by atoms with Crippen molar-refractivity contribution in [3.63, 3.8) is 0 Å². The van der Waals surface area contributed by atoms with Crippen LogP contribution in [-0.4, -0.2) is 55.7 Å². The van der Waals surface area contributed by atoms with Gasteiger partial charge in [-0.2, -0.15) is 4.72 Å². The molecule has 0 spiro atoms. The van der Waals surface area contributed by atoms with E-state index in [1.165, 1.54) is 31.0 Å². The van der Waals surface area contributed by atoms with Crippen molar-refractivity contribution in [3.05, 3.63) is 34.4 Å². The van der Waals surface area contributed by atoms with Crippen molar-refractivity contribution in [2.75, 3.05) is 20.1 Å². The molecule has 1 heterocycles. The minimum Gasteiger partial charge on any atom is -0.358 e. The molecule has 0 unspecified atom stereocenters. The molecule has 1 aliphatic rings. The highest BCUT2D eigenvalue weighted by Gasteiger charge is 2.51. The minimum atomic E-state index is -4.28. The van der Waals surface area contributed by atoms with Crippen LogP contribution in [0.15, 0.2) is 29.2 Å². The molecular weight excluding hydrogens is 340 g/mol. The van der Waals surface area contributed by atoms with Crippen LogP contribution in [0.25, 0.3) is 0 Å². The lowest BCUT2D eigenvalue weighted by Gasteiger charge is -2.46. The fourth-order valence-electron chi connectivity index (χ4n) is 2.42. The summed E-state index contributed by atoms with van der Waals surface area (Å²) < 4.78 is 27.1. The Bertz CT molecular complexity index is 808. The number of carbonyl (C=O) groups is 2. The lowest BCUT2D eigenvalue weighted by Crippen LogP contribution is -2.73. The van der Waals surface area contributed by atoms with Crippen LogP contribution in [0, 0.1) is 10.1 Å². The molecule has 2 rings (SSSR count). The molecule has 0 aliphatic carbocycles. The predicted octanol–water partition coefficient (Wildman–Crippen LogP) is -0.780. The SMILES string of the molecule is CNC(=O)CN1C[C@@](C)(NS(=O)(=O)c2ccccc2[N+](=O)[O-])C1=O. The Balaban J connectivity index is 2.21. The number of rotatable bonds is 6. The predicted molar refractivity (Wildman–Crippen MR) is 82.5 cm³/mol. The van der Waals surface area contributed by atoms with E-state index >= 15 is 0 Å². The number of hydrogen-bond acceptors (Lipinski definition) is 6. The third kappa shape index (κ3) is 3.21. The number of likely N-dealkylation sites (N-methyl/N-ethyl adjacent to an activating group) is 1. The second-order valence-corrected chi connectivity index (χ2v) is 7.15. The highest BCUT2D eigenvalue weighted by atomic mass is 32.2. The molecule has 1 atom stereocenters. The molecule has 1 aliphatic heterocycles. The van der Waals surface area contributed by atoms with Gasteiger partial charge in [0, 0.05) is 19.7 Å². The monoisotopic (exact) mass is 356 g/mol. The summed E-state index contributed by atoms with van der Waals surface area (Å²) in [5.41, 5.74) is -2.03. The van der Waals surface area contributed by atoms with Crippen LogP contribution in [0.2, 0.25) is 0 Å². The van der Waals surface area contributed by atoms with E-state index in [4.69, 9.17) is 0 Å². The zero-order valence-electron chi connectivity index (χ0n) is 13.0. The molecule has 1 aromatic carbocycles. The molecule has 1 fully saturated rings. The van der Waals surface area contributed by atoms with Crippen molar-refractivity contribution in [2.45, 2.75) is 17.4 Å². The largest absolute Gasteiger partial charge is 0.358 e. The van der Waals surface area contributed by atoms with Crippen LogP contribution >= 0.6 is 0 Å².